The summed E-state index contributed by atoms with van der Waals surface area (Å²) >= 11 is 1.65. The van der Waals surface area contributed by atoms with Crippen molar-refractivity contribution >= 4 is 17.7 Å². The SMILES string of the molecule is CC(C)/C=C(\SC(C)C)C(=O)NC1CC1. The Hall–Kier alpha value is -0.440. The highest BCUT2D eigenvalue weighted by atomic mass is 32.2. The van der Waals surface area contributed by atoms with Gasteiger partial charge >= 0.3 is 0 Å². The molecule has 1 rings (SSSR count). The van der Waals surface area contributed by atoms with Crippen LogP contribution >= 0.6 is 11.8 Å². The molecule has 0 atom stereocenters. The number of carbonyl (C=O) groups is 1. The van der Waals surface area contributed by atoms with E-state index in [-0.39, 0.29) is 5.91 Å². The van der Waals surface area contributed by atoms with Crippen LogP contribution in [0.2, 0.25) is 0 Å². The van der Waals surface area contributed by atoms with Crippen LogP contribution in [0.25, 0.3) is 0 Å². The molecule has 0 aliphatic heterocycles. The lowest BCUT2D eigenvalue weighted by Crippen LogP contribution is -2.26. The zero-order valence-corrected chi connectivity index (χ0v) is 10.9. The van der Waals surface area contributed by atoms with E-state index in [2.05, 4.69) is 39.1 Å². The fourth-order valence-corrected chi connectivity index (χ4v) is 2.23. The lowest BCUT2D eigenvalue weighted by Gasteiger charge is -2.11. The summed E-state index contributed by atoms with van der Waals surface area (Å²) in [7, 11) is 0. The molecule has 1 N–H and O–H groups in total. The Morgan fingerprint density at radius 2 is 1.93 bits per heavy atom. The van der Waals surface area contributed by atoms with E-state index in [0.29, 0.717) is 17.2 Å². The Bertz CT molecular complexity index is 254. The van der Waals surface area contributed by atoms with E-state index >= 15 is 0 Å². The van der Waals surface area contributed by atoms with E-state index in [9.17, 15) is 4.79 Å². The number of rotatable bonds is 5. The minimum Gasteiger partial charge on any atom is -0.349 e. The Balaban J connectivity index is 2.56. The van der Waals surface area contributed by atoms with Crippen LogP contribution in [0, 0.1) is 5.92 Å². The molecule has 0 bridgehead atoms. The molecule has 0 heterocycles. The Morgan fingerprint density at radius 1 is 1.33 bits per heavy atom. The van der Waals surface area contributed by atoms with Gasteiger partial charge in [0.25, 0.3) is 5.91 Å². The number of thioether (sulfide) groups is 1. The van der Waals surface area contributed by atoms with Crippen molar-refractivity contribution in [2.45, 2.75) is 51.8 Å². The first kappa shape index (κ1) is 12.6. The fourth-order valence-electron chi connectivity index (χ4n) is 1.21. The van der Waals surface area contributed by atoms with E-state index in [4.69, 9.17) is 0 Å². The lowest BCUT2D eigenvalue weighted by atomic mass is 10.2. The standard InChI is InChI=1S/C12H21NOS/c1-8(2)7-11(15-9(3)4)12(14)13-10-5-6-10/h7-10H,5-6H2,1-4H3,(H,13,14)/b11-7-. The summed E-state index contributed by atoms with van der Waals surface area (Å²) in [6.07, 6.45) is 4.35. The van der Waals surface area contributed by atoms with Crippen LogP contribution in [0.4, 0.5) is 0 Å². The average molecular weight is 227 g/mol. The Labute approximate surface area is 96.9 Å². The van der Waals surface area contributed by atoms with Crippen molar-refractivity contribution in [3.63, 3.8) is 0 Å². The first-order valence-electron chi connectivity index (χ1n) is 5.68. The summed E-state index contributed by atoms with van der Waals surface area (Å²) in [5, 5.41) is 3.49. The summed E-state index contributed by atoms with van der Waals surface area (Å²) in [6.45, 7) is 8.43. The van der Waals surface area contributed by atoms with Gasteiger partial charge in [-0.15, -0.1) is 11.8 Å². The molecule has 0 spiro atoms. The minimum atomic E-state index is 0.116. The van der Waals surface area contributed by atoms with E-state index in [1.165, 1.54) is 0 Å². The van der Waals surface area contributed by atoms with Gasteiger partial charge in [-0.05, 0) is 18.8 Å². The quantitative estimate of drug-likeness (QED) is 0.732. The van der Waals surface area contributed by atoms with Gasteiger partial charge in [-0.25, -0.2) is 0 Å². The van der Waals surface area contributed by atoms with Crippen molar-refractivity contribution < 1.29 is 4.79 Å². The van der Waals surface area contributed by atoms with Crippen molar-refractivity contribution in [2.75, 3.05) is 0 Å². The molecule has 2 nitrogen and oxygen atoms in total. The maximum absolute atomic E-state index is 11.9. The van der Waals surface area contributed by atoms with Crippen molar-refractivity contribution in [1.82, 2.24) is 5.32 Å². The van der Waals surface area contributed by atoms with Gasteiger partial charge < -0.3 is 5.32 Å². The highest BCUT2D eigenvalue weighted by molar-refractivity contribution is 8.04. The van der Waals surface area contributed by atoms with Crippen LogP contribution < -0.4 is 5.32 Å². The molecule has 0 saturated heterocycles. The molecule has 1 fully saturated rings. The third kappa shape index (κ3) is 5.26. The van der Waals surface area contributed by atoms with E-state index < -0.39 is 0 Å². The number of allylic oxidation sites excluding steroid dienone is 1. The Morgan fingerprint density at radius 3 is 2.33 bits per heavy atom. The van der Waals surface area contributed by atoms with Gasteiger partial charge in [-0.3, -0.25) is 4.79 Å². The lowest BCUT2D eigenvalue weighted by molar-refractivity contribution is -0.116. The molecule has 1 saturated carbocycles. The van der Waals surface area contributed by atoms with Crippen LogP contribution in [-0.2, 0) is 4.79 Å². The second-order valence-electron chi connectivity index (χ2n) is 4.69. The summed E-state index contributed by atoms with van der Waals surface area (Å²) in [6, 6.07) is 0.445. The molecule has 86 valence electrons. The summed E-state index contributed by atoms with van der Waals surface area (Å²) in [5.74, 6) is 0.543. The van der Waals surface area contributed by atoms with Crippen molar-refractivity contribution in [1.29, 1.82) is 0 Å². The molecule has 1 aliphatic carbocycles. The first-order valence-corrected chi connectivity index (χ1v) is 6.56. The highest BCUT2D eigenvalue weighted by Crippen LogP contribution is 2.25. The maximum Gasteiger partial charge on any atom is 0.257 e. The molecule has 0 unspecified atom stereocenters. The highest BCUT2D eigenvalue weighted by Gasteiger charge is 2.25. The molecule has 1 aliphatic rings. The number of hydrogen-bond donors (Lipinski definition) is 1. The Kier molecular flexibility index (Phi) is 4.71. The largest absolute Gasteiger partial charge is 0.349 e. The zero-order chi connectivity index (χ0) is 11.4. The molecular weight excluding hydrogens is 206 g/mol. The summed E-state index contributed by atoms with van der Waals surface area (Å²) in [5.41, 5.74) is 0. The normalized spacial score (nSPS) is 17.3. The monoisotopic (exact) mass is 227 g/mol. The second kappa shape index (κ2) is 5.59. The number of amides is 1. The van der Waals surface area contributed by atoms with Crippen LogP contribution in [0.15, 0.2) is 11.0 Å². The number of hydrogen-bond acceptors (Lipinski definition) is 2. The predicted octanol–water partition coefficient (Wildman–Crippen LogP) is 2.95. The van der Waals surface area contributed by atoms with Crippen LogP contribution in [0.1, 0.15) is 40.5 Å². The fraction of sp³-hybridized carbons (Fsp3) is 0.750. The topological polar surface area (TPSA) is 29.1 Å². The average Bonchev–Trinajstić information content (AvgIpc) is 2.85. The van der Waals surface area contributed by atoms with Gasteiger partial charge in [-0.1, -0.05) is 33.8 Å². The summed E-state index contributed by atoms with van der Waals surface area (Å²) in [4.78, 5) is 12.7. The summed E-state index contributed by atoms with van der Waals surface area (Å²) < 4.78 is 0. The second-order valence-corrected chi connectivity index (χ2v) is 6.31. The third-order valence-electron chi connectivity index (χ3n) is 1.98. The van der Waals surface area contributed by atoms with E-state index in [0.717, 1.165) is 17.7 Å². The predicted molar refractivity (Wildman–Crippen MR) is 66.8 cm³/mol. The minimum absolute atomic E-state index is 0.116. The third-order valence-corrected chi connectivity index (χ3v) is 3.03. The van der Waals surface area contributed by atoms with Gasteiger partial charge in [0, 0.05) is 11.3 Å². The van der Waals surface area contributed by atoms with Crippen molar-refractivity contribution in [3.8, 4) is 0 Å². The molecule has 3 heteroatoms. The van der Waals surface area contributed by atoms with Crippen LogP contribution in [0.5, 0.6) is 0 Å². The molecular formula is C12H21NOS. The first-order chi connectivity index (χ1) is 6.99. The molecule has 0 aromatic rings. The van der Waals surface area contributed by atoms with Gasteiger partial charge in [0.1, 0.15) is 0 Å². The van der Waals surface area contributed by atoms with E-state index in [1.54, 1.807) is 11.8 Å². The number of nitrogens with one attached hydrogen (secondary N) is 1. The van der Waals surface area contributed by atoms with Gasteiger partial charge in [0.2, 0.25) is 0 Å². The van der Waals surface area contributed by atoms with Crippen LogP contribution in [0.3, 0.4) is 0 Å². The number of carbonyl (C=O) groups excluding carboxylic acids is 1. The van der Waals surface area contributed by atoms with Gasteiger partial charge in [0.15, 0.2) is 0 Å². The molecule has 1 amide bonds. The van der Waals surface area contributed by atoms with Crippen molar-refractivity contribution in [3.05, 3.63) is 11.0 Å². The maximum atomic E-state index is 11.9. The molecule has 0 aromatic carbocycles. The molecule has 0 radical (unpaired) electrons. The van der Waals surface area contributed by atoms with Crippen LogP contribution in [-0.4, -0.2) is 17.2 Å². The van der Waals surface area contributed by atoms with Gasteiger partial charge in [-0.2, -0.15) is 0 Å². The molecule has 0 aromatic heterocycles. The zero-order valence-electron chi connectivity index (χ0n) is 10.0. The van der Waals surface area contributed by atoms with Gasteiger partial charge in [0.05, 0.1) is 4.91 Å². The van der Waals surface area contributed by atoms with E-state index in [1.807, 2.05) is 0 Å². The molecule has 15 heavy (non-hydrogen) atoms. The smallest absolute Gasteiger partial charge is 0.257 e. The van der Waals surface area contributed by atoms with Crippen molar-refractivity contribution in [2.24, 2.45) is 5.92 Å².